The molecule has 0 fully saturated rings. The fraction of sp³-hybridized carbons (Fsp3) is 0.143. The SMILES string of the molecule is CN1C(=O)C(O)=C(C(=O)Cc2nc3ccccc3oc2=O)[C@H]1c1ccccc1. The van der Waals surface area contributed by atoms with Crippen LogP contribution in [0.25, 0.3) is 11.1 Å². The highest BCUT2D eigenvalue weighted by Crippen LogP contribution is 2.36. The number of amides is 1. The molecule has 1 aliphatic heterocycles. The maximum absolute atomic E-state index is 13.0. The molecule has 0 unspecified atom stereocenters. The molecule has 0 saturated carbocycles. The molecule has 28 heavy (non-hydrogen) atoms. The summed E-state index contributed by atoms with van der Waals surface area (Å²) in [5.74, 6) is -1.80. The summed E-state index contributed by atoms with van der Waals surface area (Å²) in [6.07, 6.45) is -0.378. The molecule has 2 aromatic carbocycles. The van der Waals surface area contributed by atoms with E-state index < -0.39 is 29.1 Å². The highest BCUT2D eigenvalue weighted by Gasteiger charge is 2.41. The molecule has 0 aliphatic carbocycles. The molecule has 3 aromatic rings. The molecule has 7 nitrogen and oxygen atoms in total. The van der Waals surface area contributed by atoms with Crippen molar-refractivity contribution in [2.45, 2.75) is 12.5 Å². The van der Waals surface area contributed by atoms with E-state index in [1.807, 2.05) is 6.07 Å². The van der Waals surface area contributed by atoms with Gasteiger partial charge in [0.2, 0.25) is 0 Å². The van der Waals surface area contributed by atoms with Crippen LogP contribution in [0.2, 0.25) is 0 Å². The monoisotopic (exact) mass is 376 g/mol. The van der Waals surface area contributed by atoms with Crippen molar-refractivity contribution in [3.8, 4) is 0 Å². The van der Waals surface area contributed by atoms with E-state index in [1.165, 1.54) is 11.9 Å². The smallest absolute Gasteiger partial charge is 0.358 e. The van der Waals surface area contributed by atoms with Gasteiger partial charge in [-0.15, -0.1) is 0 Å². The van der Waals surface area contributed by atoms with Crippen molar-refractivity contribution in [1.82, 2.24) is 9.88 Å². The standard InChI is InChI=1S/C21H16N2O5/c1-23-18(12-7-3-2-4-8-12)17(19(25)20(23)26)15(24)11-14-21(27)28-16-10-6-5-9-13(16)22-14/h2-10,18,25H,11H2,1H3/t18-/m1/s1. The fourth-order valence-electron chi connectivity index (χ4n) is 3.38. The van der Waals surface area contributed by atoms with Gasteiger partial charge in [-0.2, -0.15) is 0 Å². The Morgan fingerprint density at radius 2 is 1.79 bits per heavy atom. The van der Waals surface area contributed by atoms with E-state index in [2.05, 4.69) is 4.98 Å². The predicted octanol–water partition coefficient (Wildman–Crippen LogP) is 2.33. The summed E-state index contributed by atoms with van der Waals surface area (Å²) in [5.41, 5.74) is 0.613. The summed E-state index contributed by atoms with van der Waals surface area (Å²) < 4.78 is 5.21. The molecule has 1 aliphatic rings. The van der Waals surface area contributed by atoms with Crippen molar-refractivity contribution < 1.29 is 19.1 Å². The van der Waals surface area contributed by atoms with E-state index in [4.69, 9.17) is 4.42 Å². The molecule has 4 rings (SSSR count). The van der Waals surface area contributed by atoms with Crippen molar-refractivity contribution in [3.63, 3.8) is 0 Å². The molecule has 1 amide bonds. The zero-order valence-electron chi connectivity index (χ0n) is 15.0. The zero-order valence-corrected chi connectivity index (χ0v) is 15.0. The van der Waals surface area contributed by atoms with Crippen LogP contribution < -0.4 is 5.63 Å². The number of fused-ring (bicyclic) bond motifs is 1. The van der Waals surface area contributed by atoms with Gasteiger partial charge in [-0.05, 0) is 17.7 Å². The fourth-order valence-corrected chi connectivity index (χ4v) is 3.38. The highest BCUT2D eigenvalue weighted by molar-refractivity contribution is 6.09. The van der Waals surface area contributed by atoms with Gasteiger partial charge < -0.3 is 14.4 Å². The van der Waals surface area contributed by atoms with Crippen molar-refractivity contribution in [1.29, 1.82) is 0 Å². The number of benzene rings is 2. The van der Waals surface area contributed by atoms with Crippen molar-refractivity contribution in [2.75, 3.05) is 7.05 Å². The summed E-state index contributed by atoms with van der Waals surface area (Å²) >= 11 is 0. The van der Waals surface area contributed by atoms with E-state index >= 15 is 0 Å². The van der Waals surface area contributed by atoms with Crippen LogP contribution in [0.5, 0.6) is 0 Å². The predicted molar refractivity (Wildman–Crippen MR) is 101 cm³/mol. The lowest BCUT2D eigenvalue weighted by molar-refractivity contribution is -0.128. The van der Waals surface area contributed by atoms with Gasteiger partial charge in [-0.1, -0.05) is 42.5 Å². The minimum atomic E-state index is -0.728. The first-order chi connectivity index (χ1) is 13.5. The van der Waals surface area contributed by atoms with Crippen LogP contribution >= 0.6 is 0 Å². The van der Waals surface area contributed by atoms with Gasteiger partial charge in [0.15, 0.2) is 17.1 Å². The lowest BCUT2D eigenvalue weighted by Crippen LogP contribution is -2.27. The molecular weight excluding hydrogens is 360 g/mol. The summed E-state index contributed by atoms with van der Waals surface area (Å²) in [7, 11) is 1.51. The maximum atomic E-state index is 13.0. The molecular formula is C21H16N2O5. The van der Waals surface area contributed by atoms with Crippen LogP contribution in [0, 0.1) is 0 Å². The lowest BCUT2D eigenvalue weighted by Gasteiger charge is -2.22. The molecule has 2 heterocycles. The van der Waals surface area contributed by atoms with Crippen LogP contribution in [-0.2, 0) is 16.0 Å². The Kier molecular flexibility index (Phi) is 4.27. The minimum absolute atomic E-state index is 0.0481. The Labute approximate surface area is 159 Å². The number of hydrogen-bond donors (Lipinski definition) is 1. The first-order valence-corrected chi connectivity index (χ1v) is 8.64. The minimum Gasteiger partial charge on any atom is -0.503 e. The average Bonchev–Trinajstić information content (AvgIpc) is 2.93. The summed E-state index contributed by atoms with van der Waals surface area (Å²) in [5, 5.41) is 10.3. The number of rotatable bonds is 4. The number of aliphatic hydroxyl groups is 1. The summed E-state index contributed by atoms with van der Waals surface area (Å²) in [6, 6.07) is 14.9. The number of carbonyl (C=O) groups excluding carboxylic acids is 2. The highest BCUT2D eigenvalue weighted by atomic mass is 16.4. The molecule has 0 bridgehead atoms. The summed E-state index contributed by atoms with van der Waals surface area (Å²) in [6.45, 7) is 0. The van der Waals surface area contributed by atoms with E-state index in [-0.39, 0.29) is 17.7 Å². The first kappa shape index (κ1) is 17.7. The Balaban J connectivity index is 1.73. The quantitative estimate of drug-likeness (QED) is 0.750. The Morgan fingerprint density at radius 1 is 1.11 bits per heavy atom. The zero-order chi connectivity index (χ0) is 19.8. The number of Topliss-reactive ketones (excluding diaryl/α,β-unsaturated/α-hetero) is 1. The van der Waals surface area contributed by atoms with Crippen LogP contribution in [0.1, 0.15) is 17.3 Å². The molecule has 140 valence electrons. The number of aliphatic hydroxyl groups excluding tert-OH is 1. The number of nitrogens with zero attached hydrogens (tertiary/aromatic N) is 2. The number of aromatic nitrogens is 1. The largest absolute Gasteiger partial charge is 0.503 e. The van der Waals surface area contributed by atoms with Crippen LogP contribution in [0.3, 0.4) is 0 Å². The number of likely N-dealkylation sites (N-methyl/N-ethyl adjacent to an activating group) is 1. The Morgan fingerprint density at radius 3 is 2.54 bits per heavy atom. The molecule has 1 N–H and O–H groups in total. The van der Waals surface area contributed by atoms with E-state index in [9.17, 15) is 19.5 Å². The van der Waals surface area contributed by atoms with E-state index in [1.54, 1.807) is 48.5 Å². The molecule has 0 saturated heterocycles. The molecule has 1 aromatic heterocycles. The second kappa shape index (κ2) is 6.77. The van der Waals surface area contributed by atoms with Crippen molar-refractivity contribution in [2.24, 2.45) is 0 Å². The number of hydrogen-bond acceptors (Lipinski definition) is 6. The Bertz CT molecular complexity index is 1180. The molecule has 0 spiro atoms. The van der Waals surface area contributed by atoms with E-state index in [0.717, 1.165) is 0 Å². The van der Waals surface area contributed by atoms with Gasteiger partial charge in [0.1, 0.15) is 11.2 Å². The summed E-state index contributed by atoms with van der Waals surface area (Å²) in [4.78, 5) is 43.0. The third kappa shape index (κ3) is 2.87. The van der Waals surface area contributed by atoms with E-state index in [0.29, 0.717) is 16.7 Å². The number of para-hydroxylation sites is 2. The average molecular weight is 376 g/mol. The number of ketones is 1. The third-order valence-electron chi connectivity index (χ3n) is 4.74. The van der Waals surface area contributed by atoms with Gasteiger partial charge >= 0.3 is 5.63 Å². The van der Waals surface area contributed by atoms with Gasteiger partial charge in [-0.3, -0.25) is 9.59 Å². The molecule has 7 heteroatoms. The van der Waals surface area contributed by atoms with Crippen molar-refractivity contribution in [3.05, 3.63) is 87.6 Å². The lowest BCUT2D eigenvalue weighted by atomic mass is 9.94. The van der Waals surface area contributed by atoms with Gasteiger partial charge in [-0.25, -0.2) is 9.78 Å². The second-order valence-electron chi connectivity index (χ2n) is 6.51. The van der Waals surface area contributed by atoms with Crippen LogP contribution in [0.15, 0.2) is 75.1 Å². The number of carbonyl (C=O) groups is 2. The van der Waals surface area contributed by atoms with Crippen molar-refractivity contribution >= 4 is 22.8 Å². The normalized spacial score (nSPS) is 16.8. The van der Waals surface area contributed by atoms with Crippen LogP contribution in [-0.4, -0.2) is 33.7 Å². The Hall–Kier alpha value is -3.74. The van der Waals surface area contributed by atoms with Crippen LogP contribution in [0.4, 0.5) is 0 Å². The first-order valence-electron chi connectivity index (χ1n) is 8.64. The molecule has 0 radical (unpaired) electrons. The third-order valence-corrected chi connectivity index (χ3v) is 4.74. The maximum Gasteiger partial charge on any atom is 0.358 e. The van der Waals surface area contributed by atoms with Gasteiger partial charge in [0.05, 0.1) is 18.0 Å². The topological polar surface area (TPSA) is 101 Å². The van der Waals surface area contributed by atoms with Gasteiger partial charge in [0, 0.05) is 7.05 Å². The second-order valence-corrected chi connectivity index (χ2v) is 6.51. The molecule has 1 atom stereocenters. The van der Waals surface area contributed by atoms with Gasteiger partial charge in [0.25, 0.3) is 5.91 Å².